The Morgan fingerprint density at radius 3 is 2.50 bits per heavy atom. The largest absolute Gasteiger partial charge is 0.416 e. The maximum Gasteiger partial charge on any atom is 0.416 e. The second-order valence-corrected chi connectivity index (χ2v) is 4.44. The predicted octanol–water partition coefficient (Wildman–Crippen LogP) is 3.12. The Labute approximate surface area is 96.6 Å². The minimum absolute atomic E-state index is 0.404. The van der Waals surface area contributed by atoms with Gasteiger partial charge in [-0.25, -0.2) is 0 Å². The van der Waals surface area contributed by atoms with Crippen LogP contribution in [0.15, 0.2) is 18.2 Å². The standard InChI is InChI=1S/C11H11ClF3N/c12-10-2-1-9(11(13,14)15)4-8(10)3-7-5-16-6-7/h1-2,4,7,16H,3,5-6H2. The first-order valence-electron chi connectivity index (χ1n) is 5.03. The van der Waals surface area contributed by atoms with E-state index in [0.717, 1.165) is 25.2 Å². The average molecular weight is 250 g/mol. The zero-order valence-electron chi connectivity index (χ0n) is 8.44. The smallest absolute Gasteiger partial charge is 0.316 e. The predicted molar refractivity (Wildman–Crippen MR) is 56.5 cm³/mol. The Morgan fingerprint density at radius 2 is 2.00 bits per heavy atom. The van der Waals surface area contributed by atoms with Gasteiger partial charge in [-0.05, 0) is 49.2 Å². The second-order valence-electron chi connectivity index (χ2n) is 4.03. The van der Waals surface area contributed by atoms with Crippen LogP contribution >= 0.6 is 11.6 Å². The van der Waals surface area contributed by atoms with Crippen molar-refractivity contribution >= 4 is 11.6 Å². The van der Waals surface area contributed by atoms with Crippen molar-refractivity contribution < 1.29 is 13.2 Å². The molecule has 0 bridgehead atoms. The lowest BCUT2D eigenvalue weighted by Gasteiger charge is -2.27. The third-order valence-corrected chi connectivity index (χ3v) is 3.12. The molecule has 5 heteroatoms. The van der Waals surface area contributed by atoms with Gasteiger partial charge in [0.25, 0.3) is 0 Å². The van der Waals surface area contributed by atoms with Crippen LogP contribution in [-0.2, 0) is 12.6 Å². The zero-order valence-corrected chi connectivity index (χ0v) is 9.20. The van der Waals surface area contributed by atoms with Gasteiger partial charge in [0, 0.05) is 5.02 Å². The quantitative estimate of drug-likeness (QED) is 0.849. The Balaban J connectivity index is 2.21. The van der Waals surface area contributed by atoms with Crippen LogP contribution in [0.2, 0.25) is 5.02 Å². The molecule has 1 aliphatic rings. The molecule has 0 atom stereocenters. The first kappa shape index (κ1) is 11.7. The van der Waals surface area contributed by atoms with Crippen LogP contribution in [0.3, 0.4) is 0 Å². The van der Waals surface area contributed by atoms with Crippen LogP contribution < -0.4 is 5.32 Å². The highest BCUT2D eigenvalue weighted by Gasteiger charge is 2.31. The van der Waals surface area contributed by atoms with E-state index in [1.807, 2.05) is 0 Å². The van der Waals surface area contributed by atoms with Crippen LogP contribution in [0.25, 0.3) is 0 Å². The highest BCUT2D eigenvalue weighted by molar-refractivity contribution is 6.31. The van der Waals surface area contributed by atoms with Crippen LogP contribution in [0, 0.1) is 5.92 Å². The van der Waals surface area contributed by atoms with Gasteiger partial charge >= 0.3 is 6.18 Å². The molecule has 0 spiro atoms. The van der Waals surface area contributed by atoms with Gasteiger partial charge in [-0.3, -0.25) is 0 Å². The summed E-state index contributed by atoms with van der Waals surface area (Å²) in [6.07, 6.45) is -3.69. The van der Waals surface area contributed by atoms with Crippen molar-refractivity contribution in [3.8, 4) is 0 Å². The van der Waals surface area contributed by atoms with E-state index in [4.69, 9.17) is 11.6 Å². The number of hydrogen-bond acceptors (Lipinski definition) is 1. The molecule has 0 aromatic heterocycles. The fraction of sp³-hybridized carbons (Fsp3) is 0.455. The first-order chi connectivity index (χ1) is 7.47. The third kappa shape index (κ3) is 2.50. The van der Waals surface area contributed by atoms with Crippen molar-refractivity contribution in [1.82, 2.24) is 5.32 Å². The average Bonchev–Trinajstić information content (AvgIpc) is 2.11. The van der Waals surface area contributed by atoms with Gasteiger partial charge in [0.2, 0.25) is 0 Å². The fourth-order valence-electron chi connectivity index (χ4n) is 1.71. The van der Waals surface area contributed by atoms with E-state index < -0.39 is 11.7 Å². The van der Waals surface area contributed by atoms with Crippen LogP contribution in [0.1, 0.15) is 11.1 Å². The summed E-state index contributed by atoms with van der Waals surface area (Å²) in [7, 11) is 0. The van der Waals surface area contributed by atoms with E-state index in [2.05, 4.69) is 5.32 Å². The number of halogens is 4. The van der Waals surface area contributed by atoms with Gasteiger partial charge in [-0.2, -0.15) is 13.2 Å². The Kier molecular flexibility index (Phi) is 3.13. The van der Waals surface area contributed by atoms with Crippen molar-refractivity contribution in [2.75, 3.05) is 13.1 Å². The highest BCUT2D eigenvalue weighted by Crippen LogP contribution is 2.32. The summed E-state index contributed by atoms with van der Waals surface area (Å²) < 4.78 is 37.4. The Morgan fingerprint density at radius 1 is 1.31 bits per heavy atom. The minimum Gasteiger partial charge on any atom is -0.316 e. The summed E-state index contributed by atoms with van der Waals surface area (Å²) in [5, 5.41) is 3.50. The molecule has 1 N–H and O–H groups in total. The number of hydrogen-bond donors (Lipinski definition) is 1. The van der Waals surface area contributed by atoms with Crippen LogP contribution in [0.5, 0.6) is 0 Å². The van der Waals surface area contributed by atoms with E-state index in [1.165, 1.54) is 6.07 Å². The van der Waals surface area contributed by atoms with Crippen molar-refractivity contribution in [3.05, 3.63) is 34.3 Å². The molecule has 0 unspecified atom stereocenters. The monoisotopic (exact) mass is 249 g/mol. The summed E-state index contributed by atoms with van der Waals surface area (Å²) in [5.74, 6) is 0.404. The molecule has 0 saturated carbocycles. The molecule has 1 aromatic rings. The maximum absolute atomic E-state index is 12.5. The lowest BCUT2D eigenvalue weighted by molar-refractivity contribution is -0.137. The topological polar surface area (TPSA) is 12.0 Å². The molecule has 1 saturated heterocycles. The van der Waals surface area contributed by atoms with Crippen LogP contribution in [0.4, 0.5) is 13.2 Å². The molecule has 0 aliphatic carbocycles. The van der Waals surface area contributed by atoms with Crippen molar-refractivity contribution in [2.24, 2.45) is 5.92 Å². The number of nitrogens with one attached hydrogen (secondary N) is 1. The molecule has 1 aromatic carbocycles. The van der Waals surface area contributed by atoms with Gasteiger partial charge < -0.3 is 5.32 Å². The van der Waals surface area contributed by atoms with E-state index in [0.29, 0.717) is 22.9 Å². The van der Waals surface area contributed by atoms with E-state index in [1.54, 1.807) is 0 Å². The summed E-state index contributed by atoms with van der Waals surface area (Å²) in [4.78, 5) is 0. The molecule has 1 fully saturated rings. The molecular formula is C11H11ClF3N. The molecule has 1 nitrogen and oxygen atoms in total. The normalized spacial score (nSPS) is 17.2. The molecule has 2 rings (SSSR count). The lowest BCUT2D eigenvalue weighted by atomic mass is 9.93. The maximum atomic E-state index is 12.5. The van der Waals surface area contributed by atoms with Gasteiger partial charge in [-0.15, -0.1) is 0 Å². The summed E-state index contributed by atoms with van der Waals surface area (Å²) in [6, 6.07) is 3.50. The van der Waals surface area contributed by atoms with Crippen molar-refractivity contribution in [1.29, 1.82) is 0 Å². The van der Waals surface area contributed by atoms with Gasteiger partial charge in [0.1, 0.15) is 0 Å². The summed E-state index contributed by atoms with van der Waals surface area (Å²) in [6.45, 7) is 1.71. The number of rotatable bonds is 2. The van der Waals surface area contributed by atoms with Crippen molar-refractivity contribution in [2.45, 2.75) is 12.6 Å². The molecule has 16 heavy (non-hydrogen) atoms. The van der Waals surface area contributed by atoms with Gasteiger partial charge in [0.05, 0.1) is 5.56 Å². The first-order valence-corrected chi connectivity index (χ1v) is 5.41. The minimum atomic E-state index is -4.29. The molecule has 1 aliphatic heterocycles. The zero-order chi connectivity index (χ0) is 11.8. The third-order valence-electron chi connectivity index (χ3n) is 2.75. The number of alkyl halides is 3. The lowest BCUT2D eigenvalue weighted by Crippen LogP contribution is -2.43. The summed E-state index contributed by atoms with van der Waals surface area (Å²) in [5.41, 5.74) is -0.0397. The Bertz CT molecular complexity index is 385. The highest BCUT2D eigenvalue weighted by atomic mass is 35.5. The molecular weight excluding hydrogens is 239 g/mol. The molecule has 0 amide bonds. The second kappa shape index (κ2) is 4.26. The van der Waals surface area contributed by atoms with Crippen molar-refractivity contribution in [3.63, 3.8) is 0 Å². The molecule has 1 heterocycles. The number of benzene rings is 1. The van der Waals surface area contributed by atoms with E-state index >= 15 is 0 Å². The van der Waals surface area contributed by atoms with E-state index in [9.17, 15) is 13.2 Å². The van der Waals surface area contributed by atoms with E-state index in [-0.39, 0.29) is 0 Å². The van der Waals surface area contributed by atoms with Gasteiger partial charge in [-0.1, -0.05) is 11.6 Å². The van der Waals surface area contributed by atoms with Gasteiger partial charge in [0.15, 0.2) is 0 Å². The van der Waals surface area contributed by atoms with Crippen LogP contribution in [-0.4, -0.2) is 13.1 Å². The SMILES string of the molecule is FC(F)(F)c1ccc(Cl)c(CC2CNC2)c1. The molecule has 0 radical (unpaired) electrons. The molecule has 88 valence electrons. The fourth-order valence-corrected chi connectivity index (χ4v) is 1.91. The Hall–Kier alpha value is -0.740. The summed E-state index contributed by atoms with van der Waals surface area (Å²) >= 11 is 5.88.